The van der Waals surface area contributed by atoms with E-state index >= 15 is 0 Å². The molecule has 2 aromatic rings. The average Bonchev–Trinajstić information content (AvgIpc) is 2.65. The monoisotopic (exact) mass is 289 g/mol. The molecule has 1 aliphatic carbocycles. The van der Waals surface area contributed by atoms with Crippen LogP contribution in [0.25, 0.3) is 0 Å². The van der Waals surface area contributed by atoms with E-state index in [9.17, 15) is 4.39 Å². The Morgan fingerprint density at radius 3 is 2.80 bits per heavy atom. The minimum Gasteiger partial charge on any atom is -0.377 e. The largest absolute Gasteiger partial charge is 0.377 e. The van der Waals surface area contributed by atoms with Gasteiger partial charge in [0.2, 0.25) is 0 Å². The first-order chi connectivity index (χ1) is 9.74. The topological polar surface area (TPSA) is 12.0 Å². The van der Waals surface area contributed by atoms with Crippen LogP contribution in [0.15, 0.2) is 42.5 Å². The molecule has 1 unspecified atom stereocenters. The summed E-state index contributed by atoms with van der Waals surface area (Å²) in [6, 6.07) is 13.3. The van der Waals surface area contributed by atoms with Gasteiger partial charge in [-0.25, -0.2) is 4.39 Å². The van der Waals surface area contributed by atoms with Crippen molar-refractivity contribution in [2.24, 2.45) is 0 Å². The van der Waals surface area contributed by atoms with Crippen LogP contribution < -0.4 is 5.32 Å². The molecule has 0 aromatic heterocycles. The lowest BCUT2D eigenvalue weighted by atomic mass is 9.99. The van der Waals surface area contributed by atoms with Crippen molar-refractivity contribution in [2.45, 2.75) is 31.7 Å². The van der Waals surface area contributed by atoms with Crippen molar-refractivity contribution in [3.63, 3.8) is 0 Å². The molecule has 104 valence electrons. The Labute approximate surface area is 123 Å². The average molecular weight is 290 g/mol. The fourth-order valence-electron chi connectivity index (χ4n) is 2.87. The Morgan fingerprint density at radius 1 is 1.10 bits per heavy atom. The minimum atomic E-state index is -0.304. The van der Waals surface area contributed by atoms with Crippen molar-refractivity contribution >= 4 is 17.3 Å². The van der Waals surface area contributed by atoms with E-state index in [4.69, 9.17) is 11.6 Å². The van der Waals surface area contributed by atoms with Gasteiger partial charge in [-0.2, -0.15) is 0 Å². The molecule has 0 radical (unpaired) electrons. The fraction of sp³-hybridized carbons (Fsp3) is 0.294. The summed E-state index contributed by atoms with van der Waals surface area (Å²) in [6.07, 6.45) is 4.60. The molecule has 0 amide bonds. The first-order valence-corrected chi connectivity index (χ1v) is 7.41. The van der Waals surface area contributed by atoms with Crippen LogP contribution in [0.3, 0.4) is 0 Å². The third-order valence-electron chi connectivity index (χ3n) is 3.88. The van der Waals surface area contributed by atoms with Gasteiger partial charge in [-0.15, -0.1) is 0 Å². The summed E-state index contributed by atoms with van der Waals surface area (Å²) >= 11 is 6.11. The standard InChI is InChI=1S/C17H17ClFN/c18-15-11-13(19)9-10-17(15)20-16-8-4-2-6-12-5-1-3-7-14(12)16/h1,3,5,7,9-11,16,20H,2,4,6,8H2. The normalized spacial score (nSPS) is 18.2. The Hall–Kier alpha value is -1.54. The molecular weight excluding hydrogens is 273 g/mol. The van der Waals surface area contributed by atoms with E-state index in [2.05, 4.69) is 29.6 Å². The Balaban J connectivity index is 1.90. The van der Waals surface area contributed by atoms with Gasteiger partial charge in [0.05, 0.1) is 16.8 Å². The molecule has 1 aliphatic rings. The van der Waals surface area contributed by atoms with E-state index < -0.39 is 0 Å². The lowest BCUT2D eigenvalue weighted by Gasteiger charge is -2.21. The van der Waals surface area contributed by atoms with Crippen LogP contribution in [-0.4, -0.2) is 0 Å². The molecule has 0 aliphatic heterocycles. The number of hydrogen-bond acceptors (Lipinski definition) is 1. The predicted molar refractivity (Wildman–Crippen MR) is 81.8 cm³/mol. The Bertz CT molecular complexity index is 612. The van der Waals surface area contributed by atoms with E-state index in [1.807, 2.05) is 0 Å². The zero-order valence-corrected chi connectivity index (χ0v) is 12.0. The van der Waals surface area contributed by atoms with Crippen LogP contribution in [-0.2, 0) is 6.42 Å². The van der Waals surface area contributed by atoms with Crippen LogP contribution in [0, 0.1) is 5.82 Å². The predicted octanol–water partition coefficient (Wildman–Crippen LogP) is 5.36. The van der Waals surface area contributed by atoms with Gasteiger partial charge in [0.15, 0.2) is 0 Å². The maximum absolute atomic E-state index is 13.1. The van der Waals surface area contributed by atoms with Gasteiger partial charge in [-0.05, 0) is 48.6 Å². The maximum atomic E-state index is 13.1. The molecule has 3 rings (SSSR count). The van der Waals surface area contributed by atoms with Crippen molar-refractivity contribution in [1.29, 1.82) is 0 Å². The van der Waals surface area contributed by atoms with Gasteiger partial charge in [0, 0.05) is 0 Å². The van der Waals surface area contributed by atoms with Gasteiger partial charge in [-0.3, -0.25) is 0 Å². The number of aryl methyl sites for hydroxylation is 1. The summed E-state index contributed by atoms with van der Waals surface area (Å²) in [5.74, 6) is -0.304. The van der Waals surface area contributed by atoms with Crippen LogP contribution in [0.5, 0.6) is 0 Å². The number of nitrogens with one attached hydrogen (secondary N) is 1. The zero-order valence-electron chi connectivity index (χ0n) is 11.2. The van der Waals surface area contributed by atoms with Crippen molar-refractivity contribution < 1.29 is 4.39 Å². The number of hydrogen-bond donors (Lipinski definition) is 1. The molecule has 20 heavy (non-hydrogen) atoms. The highest BCUT2D eigenvalue weighted by Gasteiger charge is 2.18. The zero-order chi connectivity index (χ0) is 13.9. The highest BCUT2D eigenvalue weighted by atomic mass is 35.5. The molecule has 0 fully saturated rings. The maximum Gasteiger partial charge on any atom is 0.124 e. The van der Waals surface area contributed by atoms with Crippen molar-refractivity contribution in [2.75, 3.05) is 5.32 Å². The van der Waals surface area contributed by atoms with E-state index in [1.165, 1.54) is 36.1 Å². The van der Waals surface area contributed by atoms with E-state index in [-0.39, 0.29) is 11.9 Å². The quantitative estimate of drug-likeness (QED) is 0.734. The van der Waals surface area contributed by atoms with Crippen molar-refractivity contribution in [3.8, 4) is 0 Å². The van der Waals surface area contributed by atoms with Crippen molar-refractivity contribution in [1.82, 2.24) is 0 Å². The molecule has 1 nitrogen and oxygen atoms in total. The molecule has 1 N–H and O–H groups in total. The highest BCUT2D eigenvalue weighted by molar-refractivity contribution is 6.33. The molecule has 0 spiro atoms. The van der Waals surface area contributed by atoms with Gasteiger partial charge < -0.3 is 5.32 Å². The molecule has 0 bridgehead atoms. The van der Waals surface area contributed by atoms with Crippen LogP contribution in [0.1, 0.15) is 36.4 Å². The second-order valence-electron chi connectivity index (χ2n) is 5.27. The first kappa shape index (κ1) is 13.4. The summed E-state index contributed by atoms with van der Waals surface area (Å²) in [6.45, 7) is 0. The summed E-state index contributed by atoms with van der Waals surface area (Å²) < 4.78 is 13.1. The number of benzene rings is 2. The lowest BCUT2D eigenvalue weighted by Crippen LogP contribution is -2.11. The summed E-state index contributed by atoms with van der Waals surface area (Å²) in [5.41, 5.74) is 3.54. The molecule has 3 heteroatoms. The van der Waals surface area contributed by atoms with E-state index in [1.54, 1.807) is 6.07 Å². The van der Waals surface area contributed by atoms with Crippen LogP contribution in [0.2, 0.25) is 5.02 Å². The highest BCUT2D eigenvalue weighted by Crippen LogP contribution is 2.33. The van der Waals surface area contributed by atoms with Gasteiger partial charge in [0.1, 0.15) is 5.82 Å². The van der Waals surface area contributed by atoms with Gasteiger partial charge >= 0.3 is 0 Å². The summed E-state index contributed by atoms with van der Waals surface area (Å²) in [7, 11) is 0. The Morgan fingerprint density at radius 2 is 1.95 bits per heavy atom. The fourth-order valence-corrected chi connectivity index (χ4v) is 3.09. The molecule has 0 heterocycles. The number of rotatable bonds is 2. The molecule has 1 atom stereocenters. The molecule has 0 saturated carbocycles. The minimum absolute atomic E-state index is 0.247. The van der Waals surface area contributed by atoms with Gasteiger partial charge in [-0.1, -0.05) is 42.3 Å². The first-order valence-electron chi connectivity index (χ1n) is 7.03. The second kappa shape index (κ2) is 5.84. The molecule has 0 saturated heterocycles. The molecule has 2 aromatic carbocycles. The summed E-state index contributed by atoms with van der Waals surface area (Å²) in [5, 5.41) is 3.91. The SMILES string of the molecule is Fc1ccc(NC2CCCCc3ccccc32)c(Cl)c1. The third-order valence-corrected chi connectivity index (χ3v) is 4.19. The second-order valence-corrected chi connectivity index (χ2v) is 5.67. The third kappa shape index (κ3) is 2.80. The van der Waals surface area contributed by atoms with E-state index in [0.29, 0.717) is 5.02 Å². The van der Waals surface area contributed by atoms with Crippen LogP contribution >= 0.6 is 11.6 Å². The van der Waals surface area contributed by atoms with Crippen molar-refractivity contribution in [3.05, 3.63) is 64.4 Å². The molecular formula is C17H17ClFN. The van der Waals surface area contributed by atoms with E-state index in [0.717, 1.165) is 18.5 Å². The number of anilines is 1. The van der Waals surface area contributed by atoms with Gasteiger partial charge in [0.25, 0.3) is 0 Å². The summed E-state index contributed by atoms with van der Waals surface area (Å²) in [4.78, 5) is 0. The number of halogens is 2. The smallest absolute Gasteiger partial charge is 0.124 e. The number of fused-ring (bicyclic) bond motifs is 1. The Kier molecular flexibility index (Phi) is 3.93. The lowest BCUT2D eigenvalue weighted by molar-refractivity contribution is 0.626. The van der Waals surface area contributed by atoms with Crippen LogP contribution in [0.4, 0.5) is 10.1 Å².